The number of aliphatic hydroxyl groups is 1. The van der Waals surface area contributed by atoms with Crippen molar-refractivity contribution in [2.75, 3.05) is 6.54 Å². The Bertz CT molecular complexity index is 181. The van der Waals surface area contributed by atoms with Gasteiger partial charge in [0.25, 0.3) is 0 Å². The van der Waals surface area contributed by atoms with Gasteiger partial charge in [0.2, 0.25) is 0 Å². The van der Waals surface area contributed by atoms with Crippen LogP contribution in [0.1, 0.15) is 6.92 Å². The van der Waals surface area contributed by atoms with E-state index in [4.69, 9.17) is 0 Å². The highest BCUT2D eigenvalue weighted by Gasteiger charge is 2.25. The van der Waals surface area contributed by atoms with Crippen molar-refractivity contribution in [2.24, 2.45) is 4.99 Å². The molecule has 1 atom stereocenters. The normalized spacial score (nSPS) is 15.9. The first-order chi connectivity index (χ1) is 5.43. The minimum atomic E-state index is -1.46. The van der Waals surface area contributed by atoms with Gasteiger partial charge in [0, 0.05) is 11.9 Å². The molecule has 0 aromatic carbocycles. The molecule has 0 heterocycles. The molecule has 70 valence electrons. The van der Waals surface area contributed by atoms with Crippen molar-refractivity contribution in [3.05, 3.63) is 12.7 Å². The van der Waals surface area contributed by atoms with Crippen molar-refractivity contribution in [1.29, 1.82) is 0 Å². The van der Waals surface area contributed by atoms with Crippen LogP contribution in [-0.2, 0) is 0 Å². The molecule has 0 aliphatic carbocycles. The lowest BCUT2D eigenvalue weighted by atomic mass is 10.4. The number of hydrogen-bond acceptors (Lipinski definition) is 2. The highest BCUT2D eigenvalue weighted by molar-refractivity contribution is 7.05. The van der Waals surface area contributed by atoms with Crippen molar-refractivity contribution in [3.8, 4) is 0 Å². The van der Waals surface area contributed by atoms with Gasteiger partial charge in [-0.05, 0) is 6.92 Å². The van der Waals surface area contributed by atoms with Gasteiger partial charge >= 0.3 is 0 Å². The topological polar surface area (TPSA) is 32.6 Å². The number of rotatable bonds is 4. The Morgan fingerprint density at radius 3 is 2.33 bits per heavy atom. The fourth-order valence-electron chi connectivity index (χ4n) is 1.06. The average molecular weight is 185 g/mol. The van der Waals surface area contributed by atoms with Crippen LogP contribution in [0.15, 0.2) is 17.6 Å². The summed E-state index contributed by atoms with van der Waals surface area (Å²) in [6.07, 6.45) is 1.00. The molecule has 0 rings (SSSR count). The standard InChI is InChI=1S/C9H19NOSi/c1-6-8(11)9(10-7-2)12(3,4)5/h6,8,11H,1,7H2,2-5H3. The summed E-state index contributed by atoms with van der Waals surface area (Å²) in [7, 11) is -1.46. The van der Waals surface area contributed by atoms with Crippen LogP contribution < -0.4 is 0 Å². The number of aliphatic imine (C=N–C) groups is 1. The SMILES string of the molecule is C=CC(O)C(=NCC)[Si](C)(C)C. The van der Waals surface area contributed by atoms with E-state index in [1.165, 1.54) is 0 Å². The molecule has 0 radical (unpaired) electrons. The largest absolute Gasteiger partial charge is 0.383 e. The van der Waals surface area contributed by atoms with Gasteiger partial charge in [-0.3, -0.25) is 4.99 Å². The smallest absolute Gasteiger partial charge is 0.105 e. The Kier molecular flexibility index (Phi) is 4.42. The Balaban J connectivity index is 4.67. The molecule has 0 aliphatic heterocycles. The molecule has 0 aliphatic rings. The summed E-state index contributed by atoms with van der Waals surface area (Å²) in [5.41, 5.74) is 0. The van der Waals surface area contributed by atoms with E-state index in [2.05, 4.69) is 31.2 Å². The van der Waals surface area contributed by atoms with E-state index in [-0.39, 0.29) is 0 Å². The maximum Gasteiger partial charge on any atom is 0.105 e. The van der Waals surface area contributed by atoms with E-state index >= 15 is 0 Å². The minimum absolute atomic E-state index is 0.545. The lowest BCUT2D eigenvalue weighted by molar-refractivity contribution is 0.291. The Morgan fingerprint density at radius 2 is 2.08 bits per heavy atom. The lowest BCUT2D eigenvalue weighted by Crippen LogP contribution is -2.41. The van der Waals surface area contributed by atoms with Gasteiger partial charge in [-0.1, -0.05) is 25.7 Å². The molecule has 0 spiro atoms. The van der Waals surface area contributed by atoms with Gasteiger partial charge in [-0.2, -0.15) is 0 Å². The van der Waals surface area contributed by atoms with E-state index in [0.29, 0.717) is 0 Å². The summed E-state index contributed by atoms with van der Waals surface area (Å²) in [5.74, 6) is 0. The first-order valence-electron chi connectivity index (χ1n) is 4.29. The highest BCUT2D eigenvalue weighted by Crippen LogP contribution is 2.08. The van der Waals surface area contributed by atoms with Crippen LogP contribution in [0.3, 0.4) is 0 Å². The van der Waals surface area contributed by atoms with Gasteiger partial charge in [-0.15, -0.1) is 6.58 Å². The Morgan fingerprint density at radius 1 is 1.58 bits per heavy atom. The molecule has 3 heteroatoms. The Hall–Kier alpha value is -0.413. The third kappa shape index (κ3) is 3.32. The molecule has 0 bridgehead atoms. The van der Waals surface area contributed by atoms with Gasteiger partial charge < -0.3 is 5.11 Å². The summed E-state index contributed by atoms with van der Waals surface area (Å²) >= 11 is 0. The van der Waals surface area contributed by atoms with Crippen LogP contribution in [0.25, 0.3) is 0 Å². The second kappa shape index (κ2) is 4.57. The van der Waals surface area contributed by atoms with Crippen LogP contribution in [0, 0.1) is 0 Å². The lowest BCUT2D eigenvalue weighted by Gasteiger charge is -2.22. The van der Waals surface area contributed by atoms with E-state index in [1.807, 2.05) is 6.92 Å². The zero-order valence-corrected chi connectivity index (χ0v) is 9.46. The fourth-order valence-corrected chi connectivity index (χ4v) is 2.69. The maximum atomic E-state index is 9.57. The molecule has 0 saturated heterocycles. The quantitative estimate of drug-likeness (QED) is 0.405. The number of hydrogen-bond donors (Lipinski definition) is 1. The van der Waals surface area contributed by atoms with Gasteiger partial charge in [0.15, 0.2) is 0 Å². The number of nitrogens with zero attached hydrogens (tertiary/aromatic N) is 1. The zero-order valence-electron chi connectivity index (χ0n) is 8.46. The first kappa shape index (κ1) is 11.6. The fraction of sp³-hybridized carbons (Fsp3) is 0.667. The van der Waals surface area contributed by atoms with Gasteiger partial charge in [-0.25, -0.2) is 0 Å². The third-order valence-corrected chi connectivity index (χ3v) is 3.59. The van der Waals surface area contributed by atoms with E-state index in [9.17, 15) is 5.11 Å². The molecule has 0 fully saturated rings. The molecule has 0 saturated carbocycles. The van der Waals surface area contributed by atoms with Crippen molar-refractivity contribution >= 4 is 13.4 Å². The summed E-state index contributed by atoms with van der Waals surface area (Å²) < 4.78 is 0. The summed E-state index contributed by atoms with van der Waals surface area (Å²) in [6, 6.07) is 0. The molecular formula is C9H19NOSi. The van der Waals surface area contributed by atoms with Crippen molar-refractivity contribution in [3.63, 3.8) is 0 Å². The highest BCUT2D eigenvalue weighted by atomic mass is 28.3. The summed E-state index contributed by atoms with van der Waals surface area (Å²) in [6.45, 7) is 12.8. The third-order valence-electron chi connectivity index (χ3n) is 1.60. The van der Waals surface area contributed by atoms with Crippen LogP contribution in [0.5, 0.6) is 0 Å². The van der Waals surface area contributed by atoms with Crippen LogP contribution in [-0.4, -0.2) is 31.2 Å². The van der Waals surface area contributed by atoms with Gasteiger partial charge in [0.05, 0.1) is 8.07 Å². The molecule has 1 N–H and O–H groups in total. The van der Waals surface area contributed by atoms with Crippen molar-refractivity contribution < 1.29 is 5.11 Å². The van der Waals surface area contributed by atoms with Crippen molar-refractivity contribution in [1.82, 2.24) is 0 Å². The second-order valence-corrected chi connectivity index (χ2v) is 8.80. The maximum absolute atomic E-state index is 9.57. The summed E-state index contributed by atoms with van der Waals surface area (Å²) in [4.78, 5) is 4.32. The monoisotopic (exact) mass is 185 g/mol. The molecule has 12 heavy (non-hydrogen) atoms. The van der Waals surface area contributed by atoms with E-state index in [1.54, 1.807) is 6.08 Å². The molecule has 1 unspecified atom stereocenters. The second-order valence-electron chi connectivity index (χ2n) is 3.79. The predicted molar refractivity (Wildman–Crippen MR) is 57.5 cm³/mol. The zero-order chi connectivity index (χ0) is 9.78. The summed E-state index contributed by atoms with van der Waals surface area (Å²) in [5, 5.41) is 10.5. The minimum Gasteiger partial charge on any atom is -0.383 e. The first-order valence-corrected chi connectivity index (χ1v) is 7.79. The van der Waals surface area contributed by atoms with Gasteiger partial charge in [0.1, 0.15) is 6.10 Å². The van der Waals surface area contributed by atoms with Crippen molar-refractivity contribution in [2.45, 2.75) is 32.7 Å². The molecule has 0 aromatic rings. The van der Waals surface area contributed by atoms with Crippen LogP contribution in [0.2, 0.25) is 19.6 Å². The van der Waals surface area contributed by atoms with E-state index < -0.39 is 14.2 Å². The predicted octanol–water partition coefficient (Wildman–Crippen LogP) is 1.87. The van der Waals surface area contributed by atoms with Crippen LogP contribution in [0.4, 0.5) is 0 Å². The molecule has 0 aromatic heterocycles. The molecular weight excluding hydrogens is 166 g/mol. The van der Waals surface area contributed by atoms with Crippen LogP contribution >= 0.6 is 0 Å². The van der Waals surface area contributed by atoms with E-state index in [0.717, 1.165) is 11.9 Å². The molecule has 2 nitrogen and oxygen atoms in total. The molecule has 0 amide bonds. The Labute approximate surface area is 76.0 Å². The number of aliphatic hydroxyl groups excluding tert-OH is 1. The average Bonchev–Trinajstić information content (AvgIpc) is 1.96.